The van der Waals surface area contributed by atoms with E-state index in [2.05, 4.69) is 20.1 Å². The van der Waals surface area contributed by atoms with Crippen molar-refractivity contribution in [1.82, 2.24) is 14.8 Å². The molecule has 1 aromatic heterocycles. The number of anilines is 1. The second-order valence-corrected chi connectivity index (χ2v) is 7.45. The molecule has 0 saturated heterocycles. The molecule has 0 unspecified atom stereocenters. The molecule has 0 atom stereocenters. The average molecular weight is 388 g/mol. The Labute approximate surface area is 160 Å². The number of nitrogens with one attached hydrogen (secondary N) is 1. The van der Waals surface area contributed by atoms with Crippen LogP contribution >= 0.6 is 11.8 Å². The van der Waals surface area contributed by atoms with E-state index in [0.29, 0.717) is 28.7 Å². The fraction of sp³-hybridized carbons (Fsp3) is 0.444. The number of aromatic nitrogens is 3. The van der Waals surface area contributed by atoms with Gasteiger partial charge in [0.05, 0.1) is 11.4 Å². The fourth-order valence-corrected chi connectivity index (χ4v) is 3.81. The second-order valence-electron chi connectivity index (χ2n) is 6.50. The maximum absolute atomic E-state index is 12.4. The monoisotopic (exact) mass is 388 g/mol. The third-order valence-corrected chi connectivity index (χ3v) is 5.47. The van der Waals surface area contributed by atoms with Crippen LogP contribution in [-0.2, 0) is 11.3 Å². The summed E-state index contributed by atoms with van der Waals surface area (Å²) in [6.07, 6.45) is 2.31. The Morgan fingerprint density at radius 1 is 1.26 bits per heavy atom. The van der Waals surface area contributed by atoms with Gasteiger partial charge in [-0.1, -0.05) is 11.8 Å². The molecule has 0 bridgehead atoms. The second kappa shape index (κ2) is 7.22. The first-order valence-corrected chi connectivity index (χ1v) is 9.85. The molecule has 1 amide bonds. The number of hydrogen-bond acceptors (Lipinski definition) is 7. The summed E-state index contributed by atoms with van der Waals surface area (Å²) in [5.41, 5.74) is 0.818. The number of hydrogen-bond donors (Lipinski definition) is 1. The van der Waals surface area contributed by atoms with Crippen molar-refractivity contribution in [2.75, 3.05) is 17.9 Å². The zero-order valence-corrected chi connectivity index (χ0v) is 16.0. The number of rotatable bonds is 7. The molecule has 2 heterocycles. The predicted molar refractivity (Wildman–Crippen MR) is 99.6 cm³/mol. The predicted octanol–water partition coefficient (Wildman–Crippen LogP) is 2.84. The van der Waals surface area contributed by atoms with E-state index in [1.54, 1.807) is 12.1 Å². The van der Waals surface area contributed by atoms with Gasteiger partial charge >= 0.3 is 0 Å². The van der Waals surface area contributed by atoms with Gasteiger partial charge in [0.2, 0.25) is 12.7 Å². The third kappa shape index (κ3) is 3.64. The summed E-state index contributed by atoms with van der Waals surface area (Å²) in [5.74, 6) is 2.34. The lowest BCUT2D eigenvalue weighted by Gasteiger charge is -2.11. The van der Waals surface area contributed by atoms with Crippen LogP contribution in [0, 0.1) is 0 Å². The summed E-state index contributed by atoms with van der Waals surface area (Å²) in [6, 6.07) is 3.23. The molecule has 9 heteroatoms. The number of ketones is 1. The number of ether oxygens (including phenoxy) is 2. The lowest BCUT2D eigenvalue weighted by molar-refractivity contribution is -0.113. The van der Waals surface area contributed by atoms with Crippen molar-refractivity contribution in [2.45, 2.75) is 44.3 Å². The quantitative estimate of drug-likeness (QED) is 0.575. The van der Waals surface area contributed by atoms with Crippen LogP contribution in [0.5, 0.6) is 11.5 Å². The van der Waals surface area contributed by atoms with E-state index in [-0.39, 0.29) is 24.2 Å². The molecular formula is C18H20N4O4S. The van der Waals surface area contributed by atoms with Gasteiger partial charge in [-0.3, -0.25) is 9.59 Å². The SMILES string of the molecule is CCn1c(SCC(=O)Nc2cc3c(cc2C(C)=O)OCO3)nnc1C1CC1. The minimum absolute atomic E-state index is 0.107. The van der Waals surface area contributed by atoms with Crippen LogP contribution < -0.4 is 14.8 Å². The number of fused-ring (bicyclic) bond motifs is 1. The van der Waals surface area contributed by atoms with Gasteiger partial charge < -0.3 is 19.4 Å². The number of amides is 1. The highest BCUT2D eigenvalue weighted by atomic mass is 32.2. The van der Waals surface area contributed by atoms with E-state index in [1.165, 1.54) is 18.7 Å². The molecule has 142 valence electrons. The van der Waals surface area contributed by atoms with Crippen LogP contribution in [0.1, 0.15) is 48.8 Å². The number of carbonyl (C=O) groups is 2. The zero-order valence-electron chi connectivity index (χ0n) is 15.2. The highest BCUT2D eigenvalue weighted by Crippen LogP contribution is 2.40. The maximum atomic E-state index is 12.4. The van der Waals surface area contributed by atoms with Crippen LogP contribution in [0.25, 0.3) is 0 Å². The molecule has 27 heavy (non-hydrogen) atoms. The number of thioether (sulfide) groups is 1. The van der Waals surface area contributed by atoms with Gasteiger partial charge in [0.25, 0.3) is 0 Å². The first-order valence-electron chi connectivity index (χ1n) is 8.87. The van der Waals surface area contributed by atoms with Gasteiger partial charge in [-0.25, -0.2) is 0 Å². The highest BCUT2D eigenvalue weighted by Gasteiger charge is 2.30. The van der Waals surface area contributed by atoms with Crippen molar-refractivity contribution in [3.05, 3.63) is 23.5 Å². The smallest absolute Gasteiger partial charge is 0.234 e. The van der Waals surface area contributed by atoms with E-state index < -0.39 is 0 Å². The van der Waals surface area contributed by atoms with Gasteiger partial charge in [-0.05, 0) is 32.8 Å². The van der Waals surface area contributed by atoms with Gasteiger partial charge in [-0.2, -0.15) is 0 Å². The van der Waals surface area contributed by atoms with E-state index in [4.69, 9.17) is 9.47 Å². The van der Waals surface area contributed by atoms with Crippen LogP contribution in [0.15, 0.2) is 17.3 Å². The van der Waals surface area contributed by atoms with Crippen LogP contribution in [-0.4, -0.2) is 39.0 Å². The molecule has 1 aliphatic carbocycles. The van der Waals surface area contributed by atoms with Gasteiger partial charge in [-0.15, -0.1) is 10.2 Å². The Bertz CT molecular complexity index is 907. The molecule has 2 aliphatic rings. The van der Waals surface area contributed by atoms with Crippen molar-refractivity contribution in [3.63, 3.8) is 0 Å². The summed E-state index contributed by atoms with van der Waals surface area (Å²) in [4.78, 5) is 24.3. The highest BCUT2D eigenvalue weighted by molar-refractivity contribution is 7.99. The Kier molecular flexibility index (Phi) is 4.77. The normalized spacial score (nSPS) is 15.0. The molecule has 1 aromatic carbocycles. The fourth-order valence-electron chi connectivity index (χ4n) is 3.00. The summed E-state index contributed by atoms with van der Waals surface area (Å²) in [5, 5.41) is 12.0. The molecule has 8 nitrogen and oxygen atoms in total. The molecule has 4 rings (SSSR count). The largest absolute Gasteiger partial charge is 0.454 e. The summed E-state index contributed by atoms with van der Waals surface area (Å²) < 4.78 is 12.7. The Hall–Kier alpha value is -2.55. The van der Waals surface area contributed by atoms with Crippen molar-refractivity contribution < 1.29 is 19.1 Å². The Morgan fingerprint density at radius 3 is 2.67 bits per heavy atom. The van der Waals surface area contributed by atoms with Crippen molar-refractivity contribution in [2.24, 2.45) is 0 Å². The standard InChI is InChI=1S/C18H20N4O4S/c1-3-22-17(11-4-5-11)20-21-18(22)27-8-16(24)19-13-7-15-14(25-9-26-15)6-12(13)10(2)23/h6-7,11H,3-5,8-9H2,1-2H3,(H,19,24). The van der Waals surface area contributed by atoms with Crippen LogP contribution in [0.2, 0.25) is 0 Å². The zero-order chi connectivity index (χ0) is 19.0. The summed E-state index contributed by atoms with van der Waals surface area (Å²) >= 11 is 1.34. The summed E-state index contributed by atoms with van der Waals surface area (Å²) in [7, 11) is 0. The van der Waals surface area contributed by atoms with E-state index in [9.17, 15) is 9.59 Å². The van der Waals surface area contributed by atoms with Crippen molar-refractivity contribution in [3.8, 4) is 11.5 Å². The average Bonchev–Trinajstić information content (AvgIpc) is 3.24. The minimum atomic E-state index is -0.222. The van der Waals surface area contributed by atoms with Gasteiger partial charge in [0.1, 0.15) is 5.82 Å². The lowest BCUT2D eigenvalue weighted by Crippen LogP contribution is -2.16. The lowest BCUT2D eigenvalue weighted by atomic mass is 10.1. The third-order valence-electron chi connectivity index (χ3n) is 4.50. The first kappa shape index (κ1) is 17.8. The molecule has 0 spiro atoms. The van der Waals surface area contributed by atoms with E-state index >= 15 is 0 Å². The van der Waals surface area contributed by atoms with Crippen molar-refractivity contribution in [1.29, 1.82) is 0 Å². The topological polar surface area (TPSA) is 95.3 Å². The Balaban J connectivity index is 1.45. The van der Waals surface area contributed by atoms with Crippen LogP contribution in [0.3, 0.4) is 0 Å². The van der Waals surface area contributed by atoms with E-state index in [1.807, 2.05) is 6.92 Å². The number of Topliss-reactive ketones (excluding diaryl/α,β-unsaturated/α-hetero) is 1. The number of nitrogens with zero attached hydrogens (tertiary/aromatic N) is 3. The van der Waals surface area contributed by atoms with Crippen molar-refractivity contribution >= 4 is 29.1 Å². The molecule has 0 radical (unpaired) electrons. The first-order chi connectivity index (χ1) is 13.1. The molecule has 1 saturated carbocycles. The molecule has 2 aromatic rings. The minimum Gasteiger partial charge on any atom is -0.454 e. The van der Waals surface area contributed by atoms with Gasteiger partial charge in [0, 0.05) is 24.1 Å². The number of benzene rings is 1. The molecule has 1 fully saturated rings. The van der Waals surface area contributed by atoms with Crippen LogP contribution in [0.4, 0.5) is 5.69 Å². The molecule has 1 N–H and O–H groups in total. The maximum Gasteiger partial charge on any atom is 0.234 e. The molecular weight excluding hydrogens is 368 g/mol. The van der Waals surface area contributed by atoms with Gasteiger partial charge in [0.15, 0.2) is 22.4 Å². The summed E-state index contributed by atoms with van der Waals surface area (Å²) in [6.45, 7) is 4.38. The van der Waals surface area contributed by atoms with E-state index in [0.717, 1.165) is 30.4 Å². The molecule has 1 aliphatic heterocycles. The number of carbonyl (C=O) groups excluding carboxylic acids is 2. The Morgan fingerprint density at radius 2 is 2.00 bits per heavy atom.